The molecule has 5 nitrogen and oxygen atoms in total. The van der Waals surface area contributed by atoms with Gasteiger partial charge >= 0.3 is 0 Å². The van der Waals surface area contributed by atoms with E-state index in [4.69, 9.17) is 0 Å². The van der Waals surface area contributed by atoms with Gasteiger partial charge in [-0.1, -0.05) is 36.8 Å². The van der Waals surface area contributed by atoms with Gasteiger partial charge in [0.2, 0.25) is 0 Å². The fraction of sp³-hybridized carbons (Fsp3) is 0.500. The van der Waals surface area contributed by atoms with Crippen LogP contribution in [0.25, 0.3) is 0 Å². The lowest BCUT2D eigenvalue weighted by molar-refractivity contribution is -0.885. The Balaban J connectivity index is 1.90. The van der Waals surface area contributed by atoms with Crippen molar-refractivity contribution in [1.29, 1.82) is 0 Å². The predicted octanol–water partition coefficient (Wildman–Crippen LogP) is -0.423. The molecule has 0 aliphatic carbocycles. The highest BCUT2D eigenvalue weighted by atomic mass is 16.2. The molecular weight excluding hydrogens is 266 g/mol. The number of quaternary nitrogens is 1. The summed E-state index contributed by atoms with van der Waals surface area (Å²) >= 11 is 0. The minimum Gasteiger partial charge on any atom is -0.346 e. The van der Waals surface area contributed by atoms with Gasteiger partial charge < -0.3 is 15.5 Å². The Morgan fingerprint density at radius 3 is 2.71 bits per heavy atom. The molecule has 5 heteroatoms. The van der Waals surface area contributed by atoms with Gasteiger partial charge in [0.15, 0.2) is 13.1 Å². The average Bonchev–Trinajstić information content (AvgIpc) is 2.46. The zero-order valence-corrected chi connectivity index (χ0v) is 12.7. The van der Waals surface area contributed by atoms with Crippen LogP contribution in [0.2, 0.25) is 0 Å². The molecule has 1 saturated heterocycles. The number of hydrogen-bond donors (Lipinski definition) is 3. The molecular formula is C16H24N3O2+. The van der Waals surface area contributed by atoms with Gasteiger partial charge in [-0.05, 0) is 18.9 Å². The summed E-state index contributed by atoms with van der Waals surface area (Å²) in [4.78, 5) is 24.5. The van der Waals surface area contributed by atoms with Gasteiger partial charge in [-0.3, -0.25) is 9.59 Å². The van der Waals surface area contributed by atoms with Crippen LogP contribution in [0.15, 0.2) is 24.3 Å². The van der Waals surface area contributed by atoms with Crippen molar-refractivity contribution in [2.45, 2.75) is 26.3 Å². The number of benzene rings is 1. The summed E-state index contributed by atoms with van der Waals surface area (Å²) in [6.07, 6.45) is 0.852. The summed E-state index contributed by atoms with van der Waals surface area (Å²) < 4.78 is 0. The van der Waals surface area contributed by atoms with Crippen molar-refractivity contribution in [3.05, 3.63) is 35.4 Å². The number of nitrogens with one attached hydrogen (secondary N) is 3. The maximum absolute atomic E-state index is 12.2. The minimum absolute atomic E-state index is 0.00660. The summed E-state index contributed by atoms with van der Waals surface area (Å²) in [6, 6.07) is 8.28. The van der Waals surface area contributed by atoms with Gasteiger partial charge in [-0.25, -0.2) is 0 Å². The van der Waals surface area contributed by atoms with E-state index in [2.05, 4.69) is 41.8 Å². The van der Waals surface area contributed by atoms with Gasteiger partial charge in [0.1, 0.15) is 0 Å². The highest BCUT2D eigenvalue weighted by Crippen LogP contribution is 2.16. The molecule has 0 saturated carbocycles. The lowest BCUT2D eigenvalue weighted by atomic mass is 10.0. The van der Waals surface area contributed by atoms with E-state index >= 15 is 0 Å². The second-order valence-corrected chi connectivity index (χ2v) is 5.64. The summed E-state index contributed by atoms with van der Waals surface area (Å²) in [6.45, 7) is 6.31. The predicted molar refractivity (Wildman–Crippen MR) is 80.9 cm³/mol. The Morgan fingerprint density at radius 2 is 2.10 bits per heavy atom. The lowest BCUT2D eigenvalue weighted by Gasteiger charge is -2.24. The van der Waals surface area contributed by atoms with Gasteiger partial charge in [-0.2, -0.15) is 0 Å². The standard InChI is InChI=1S/C16H23N3O2/c1-3-14(13-6-4-12(2)5-7-13)18-16(21)11-19-9-8-17-15(20)10-19/h4-7,14H,3,8-11H2,1-2H3,(H,17,20)(H,18,21)/p+1/t14-/m0/s1. The number of carbonyl (C=O) groups is 2. The van der Waals surface area contributed by atoms with Crippen molar-refractivity contribution in [1.82, 2.24) is 10.6 Å². The van der Waals surface area contributed by atoms with E-state index < -0.39 is 0 Å². The monoisotopic (exact) mass is 290 g/mol. The smallest absolute Gasteiger partial charge is 0.275 e. The van der Waals surface area contributed by atoms with E-state index in [1.807, 2.05) is 6.92 Å². The first-order valence-corrected chi connectivity index (χ1v) is 7.54. The molecule has 1 fully saturated rings. The van der Waals surface area contributed by atoms with Crippen LogP contribution in [0.4, 0.5) is 0 Å². The number of rotatable bonds is 5. The quantitative estimate of drug-likeness (QED) is 0.689. The summed E-state index contributed by atoms with van der Waals surface area (Å²) in [5.74, 6) is 0.0294. The number of amides is 2. The number of piperazine rings is 1. The Morgan fingerprint density at radius 1 is 1.38 bits per heavy atom. The summed E-state index contributed by atoms with van der Waals surface area (Å²) in [5, 5.41) is 5.85. The largest absolute Gasteiger partial charge is 0.346 e. The third kappa shape index (κ3) is 4.56. The first-order valence-electron chi connectivity index (χ1n) is 7.54. The second kappa shape index (κ2) is 7.22. The highest BCUT2D eigenvalue weighted by molar-refractivity contribution is 5.79. The second-order valence-electron chi connectivity index (χ2n) is 5.64. The minimum atomic E-state index is 0.00660. The van der Waals surface area contributed by atoms with E-state index in [-0.39, 0.29) is 17.9 Å². The Hall–Kier alpha value is -1.88. The molecule has 0 bridgehead atoms. The summed E-state index contributed by atoms with van der Waals surface area (Å²) in [7, 11) is 0. The molecule has 1 aromatic rings. The Labute approximate surface area is 125 Å². The molecule has 3 N–H and O–H groups in total. The molecule has 21 heavy (non-hydrogen) atoms. The molecule has 1 aliphatic heterocycles. The normalized spacial score (nSPS) is 19.7. The van der Waals surface area contributed by atoms with Crippen LogP contribution in [-0.2, 0) is 9.59 Å². The maximum atomic E-state index is 12.2. The molecule has 1 heterocycles. The van der Waals surface area contributed by atoms with E-state index in [1.165, 1.54) is 5.56 Å². The number of aryl methyl sites for hydroxylation is 1. The Kier molecular flexibility index (Phi) is 5.33. The number of carbonyl (C=O) groups excluding carboxylic acids is 2. The molecule has 2 rings (SSSR count). The van der Waals surface area contributed by atoms with E-state index in [1.54, 1.807) is 0 Å². The van der Waals surface area contributed by atoms with Crippen LogP contribution >= 0.6 is 0 Å². The molecule has 1 aromatic carbocycles. The molecule has 0 radical (unpaired) electrons. The molecule has 1 unspecified atom stereocenters. The van der Waals surface area contributed by atoms with Crippen LogP contribution in [-0.4, -0.2) is 38.0 Å². The molecule has 114 valence electrons. The molecule has 0 spiro atoms. The molecule has 0 aromatic heterocycles. The van der Waals surface area contributed by atoms with Crippen molar-refractivity contribution in [2.75, 3.05) is 26.2 Å². The first kappa shape index (κ1) is 15.5. The van der Waals surface area contributed by atoms with Crippen molar-refractivity contribution in [3.8, 4) is 0 Å². The number of hydrogen-bond acceptors (Lipinski definition) is 2. The van der Waals surface area contributed by atoms with Crippen molar-refractivity contribution >= 4 is 11.8 Å². The van der Waals surface area contributed by atoms with Gasteiger partial charge in [0, 0.05) is 0 Å². The van der Waals surface area contributed by atoms with Crippen LogP contribution in [0.1, 0.15) is 30.5 Å². The average molecular weight is 290 g/mol. The Bertz CT molecular complexity index is 499. The van der Waals surface area contributed by atoms with Gasteiger partial charge in [-0.15, -0.1) is 0 Å². The van der Waals surface area contributed by atoms with Crippen LogP contribution in [0.5, 0.6) is 0 Å². The first-order chi connectivity index (χ1) is 10.1. The van der Waals surface area contributed by atoms with E-state index in [0.717, 1.165) is 23.4 Å². The van der Waals surface area contributed by atoms with Crippen LogP contribution < -0.4 is 15.5 Å². The zero-order chi connectivity index (χ0) is 15.2. The van der Waals surface area contributed by atoms with Crippen molar-refractivity contribution in [2.24, 2.45) is 0 Å². The van der Waals surface area contributed by atoms with Crippen molar-refractivity contribution in [3.63, 3.8) is 0 Å². The fourth-order valence-corrected chi connectivity index (χ4v) is 2.60. The molecule has 2 amide bonds. The summed E-state index contributed by atoms with van der Waals surface area (Å²) in [5.41, 5.74) is 2.34. The highest BCUT2D eigenvalue weighted by Gasteiger charge is 2.23. The lowest BCUT2D eigenvalue weighted by Crippen LogP contribution is -3.16. The third-order valence-electron chi connectivity index (χ3n) is 3.85. The molecule has 2 atom stereocenters. The van der Waals surface area contributed by atoms with Crippen molar-refractivity contribution < 1.29 is 14.5 Å². The van der Waals surface area contributed by atoms with Gasteiger partial charge in [0.05, 0.1) is 19.1 Å². The fourth-order valence-electron chi connectivity index (χ4n) is 2.60. The van der Waals surface area contributed by atoms with Gasteiger partial charge in [0.25, 0.3) is 11.8 Å². The topological polar surface area (TPSA) is 62.6 Å². The zero-order valence-electron chi connectivity index (χ0n) is 12.7. The van der Waals surface area contributed by atoms with E-state index in [9.17, 15) is 9.59 Å². The van der Waals surface area contributed by atoms with E-state index in [0.29, 0.717) is 19.6 Å². The maximum Gasteiger partial charge on any atom is 0.275 e. The van der Waals surface area contributed by atoms with Crippen LogP contribution in [0.3, 0.4) is 0 Å². The van der Waals surface area contributed by atoms with Crippen LogP contribution in [0, 0.1) is 6.92 Å². The molecule has 1 aliphatic rings. The SMILES string of the molecule is CC[C@H](NC(=O)C[NH+]1CCNC(=O)C1)c1ccc(C)cc1. The third-order valence-corrected chi connectivity index (χ3v) is 3.85.